The molecule has 1 rings (SSSR count). The average Bonchev–Trinajstić information content (AvgIpc) is 2.33. The minimum Gasteiger partial charge on any atom is -0.358 e. The van der Waals surface area contributed by atoms with Crippen LogP contribution < -0.4 is 10.2 Å². The molecule has 4 nitrogen and oxygen atoms in total. The lowest BCUT2D eigenvalue weighted by Crippen LogP contribution is -2.30. The Morgan fingerprint density at radius 3 is 2.61 bits per heavy atom. The zero-order valence-corrected chi connectivity index (χ0v) is 11.7. The Morgan fingerprint density at radius 2 is 2.00 bits per heavy atom. The van der Waals surface area contributed by atoms with Crippen LogP contribution in [0.2, 0.25) is 0 Å². The van der Waals surface area contributed by atoms with Crippen LogP contribution in [0.5, 0.6) is 0 Å². The summed E-state index contributed by atoms with van der Waals surface area (Å²) in [6.07, 6.45) is 1.27. The van der Waals surface area contributed by atoms with Crippen LogP contribution in [-0.2, 0) is 6.54 Å². The molecule has 0 unspecified atom stereocenters. The van der Waals surface area contributed by atoms with E-state index < -0.39 is 0 Å². The molecule has 0 spiro atoms. The van der Waals surface area contributed by atoms with Gasteiger partial charge in [-0.1, -0.05) is 6.92 Å². The normalized spacial score (nSPS) is 11.0. The molecule has 0 aliphatic heterocycles. The number of aromatic nitrogens is 1. The van der Waals surface area contributed by atoms with E-state index in [-0.39, 0.29) is 5.82 Å². The summed E-state index contributed by atoms with van der Waals surface area (Å²) < 4.78 is 13.2. The van der Waals surface area contributed by atoms with Crippen LogP contribution in [-0.4, -0.2) is 50.7 Å². The van der Waals surface area contributed by atoms with Gasteiger partial charge in [-0.05, 0) is 26.7 Å². The number of anilines is 1. The zero-order valence-electron chi connectivity index (χ0n) is 11.7. The maximum atomic E-state index is 13.2. The number of halogens is 1. The minimum atomic E-state index is -0.285. The molecule has 0 atom stereocenters. The highest BCUT2D eigenvalue weighted by molar-refractivity contribution is 5.46. The summed E-state index contributed by atoms with van der Waals surface area (Å²) >= 11 is 0. The molecule has 1 aromatic rings. The quantitative estimate of drug-likeness (QED) is 0.795. The topological polar surface area (TPSA) is 31.4 Å². The standard InChI is InChI=1S/C13H23FN4/c1-5-15-9-11-8-12(14)10-16-13(11)18(4)7-6-17(2)3/h8,10,15H,5-7,9H2,1-4H3. The van der Waals surface area contributed by atoms with Gasteiger partial charge >= 0.3 is 0 Å². The fourth-order valence-electron chi connectivity index (χ4n) is 1.66. The Bertz CT molecular complexity index is 368. The largest absolute Gasteiger partial charge is 0.358 e. The molecule has 0 amide bonds. The third kappa shape index (κ3) is 4.58. The molecule has 1 N–H and O–H groups in total. The van der Waals surface area contributed by atoms with E-state index in [2.05, 4.69) is 20.1 Å². The third-order valence-corrected chi connectivity index (χ3v) is 2.72. The second-order valence-electron chi connectivity index (χ2n) is 4.64. The van der Waals surface area contributed by atoms with E-state index in [1.165, 1.54) is 6.20 Å². The van der Waals surface area contributed by atoms with Gasteiger partial charge in [-0.25, -0.2) is 9.37 Å². The summed E-state index contributed by atoms with van der Waals surface area (Å²) in [4.78, 5) is 8.38. The smallest absolute Gasteiger partial charge is 0.141 e. The van der Waals surface area contributed by atoms with Crippen molar-refractivity contribution in [2.45, 2.75) is 13.5 Å². The summed E-state index contributed by atoms with van der Waals surface area (Å²) in [5.41, 5.74) is 0.901. The maximum Gasteiger partial charge on any atom is 0.141 e. The van der Waals surface area contributed by atoms with E-state index in [0.29, 0.717) is 6.54 Å². The predicted molar refractivity (Wildman–Crippen MR) is 73.4 cm³/mol. The molecule has 0 saturated carbocycles. The minimum absolute atomic E-state index is 0.285. The first kappa shape index (κ1) is 14.9. The SMILES string of the molecule is CCNCc1cc(F)cnc1N(C)CCN(C)C. The van der Waals surface area contributed by atoms with Gasteiger partial charge < -0.3 is 15.1 Å². The maximum absolute atomic E-state index is 13.2. The lowest BCUT2D eigenvalue weighted by atomic mass is 10.2. The molecule has 0 aliphatic rings. The molecule has 102 valence electrons. The fraction of sp³-hybridized carbons (Fsp3) is 0.615. The van der Waals surface area contributed by atoms with Crippen molar-refractivity contribution >= 4 is 5.82 Å². The van der Waals surface area contributed by atoms with Gasteiger partial charge in [0.25, 0.3) is 0 Å². The first-order valence-corrected chi connectivity index (χ1v) is 6.25. The summed E-state index contributed by atoms with van der Waals surface area (Å²) in [6.45, 7) is 5.34. The molecular formula is C13H23FN4. The third-order valence-electron chi connectivity index (χ3n) is 2.72. The zero-order chi connectivity index (χ0) is 13.5. The molecule has 0 bridgehead atoms. The van der Waals surface area contributed by atoms with Crippen molar-refractivity contribution in [3.63, 3.8) is 0 Å². The summed E-state index contributed by atoms with van der Waals surface area (Å²) in [7, 11) is 6.05. The van der Waals surface area contributed by atoms with Gasteiger partial charge in [-0.2, -0.15) is 0 Å². The second-order valence-corrected chi connectivity index (χ2v) is 4.64. The van der Waals surface area contributed by atoms with Crippen LogP contribution in [0.25, 0.3) is 0 Å². The van der Waals surface area contributed by atoms with Gasteiger partial charge in [0.2, 0.25) is 0 Å². The first-order chi connectivity index (χ1) is 8.54. The van der Waals surface area contributed by atoms with Crippen LogP contribution in [0.1, 0.15) is 12.5 Å². The number of rotatable bonds is 7. The van der Waals surface area contributed by atoms with Gasteiger partial charge in [-0.3, -0.25) is 0 Å². The van der Waals surface area contributed by atoms with Crippen LogP contribution in [0.15, 0.2) is 12.3 Å². The number of pyridine rings is 1. The molecule has 0 aliphatic carbocycles. The van der Waals surface area contributed by atoms with Crippen molar-refractivity contribution in [2.24, 2.45) is 0 Å². The van der Waals surface area contributed by atoms with Crippen molar-refractivity contribution in [1.82, 2.24) is 15.2 Å². The lowest BCUT2D eigenvalue weighted by Gasteiger charge is -2.23. The number of nitrogens with zero attached hydrogens (tertiary/aromatic N) is 3. The average molecular weight is 254 g/mol. The fourth-order valence-corrected chi connectivity index (χ4v) is 1.66. The molecular weight excluding hydrogens is 231 g/mol. The highest BCUT2D eigenvalue weighted by Gasteiger charge is 2.10. The van der Waals surface area contributed by atoms with Crippen LogP contribution in [0.3, 0.4) is 0 Å². The van der Waals surface area contributed by atoms with E-state index in [1.54, 1.807) is 6.07 Å². The lowest BCUT2D eigenvalue weighted by molar-refractivity contribution is 0.416. The van der Waals surface area contributed by atoms with Gasteiger partial charge in [0.1, 0.15) is 11.6 Å². The van der Waals surface area contributed by atoms with Crippen molar-refractivity contribution < 1.29 is 4.39 Å². The van der Waals surface area contributed by atoms with Gasteiger partial charge in [0, 0.05) is 32.2 Å². The van der Waals surface area contributed by atoms with Gasteiger partial charge in [-0.15, -0.1) is 0 Å². The Kier molecular flexibility index (Phi) is 6.01. The van der Waals surface area contributed by atoms with Gasteiger partial charge in [0.05, 0.1) is 6.20 Å². The molecule has 0 saturated heterocycles. The number of nitrogens with one attached hydrogen (secondary N) is 1. The Balaban J connectivity index is 2.78. The van der Waals surface area contributed by atoms with E-state index in [4.69, 9.17) is 0 Å². The summed E-state index contributed by atoms with van der Waals surface area (Å²) in [5.74, 6) is 0.562. The first-order valence-electron chi connectivity index (χ1n) is 6.25. The van der Waals surface area contributed by atoms with Crippen molar-refractivity contribution in [2.75, 3.05) is 45.7 Å². The molecule has 0 radical (unpaired) electrons. The highest BCUT2D eigenvalue weighted by atomic mass is 19.1. The Labute approximate surface area is 109 Å². The number of likely N-dealkylation sites (N-methyl/N-ethyl adjacent to an activating group) is 2. The Hall–Kier alpha value is -1.20. The van der Waals surface area contributed by atoms with Crippen molar-refractivity contribution in [3.05, 3.63) is 23.6 Å². The van der Waals surface area contributed by atoms with E-state index in [0.717, 1.165) is 31.0 Å². The van der Waals surface area contributed by atoms with Crippen LogP contribution in [0, 0.1) is 5.82 Å². The number of hydrogen-bond donors (Lipinski definition) is 1. The van der Waals surface area contributed by atoms with Crippen LogP contribution in [0.4, 0.5) is 10.2 Å². The van der Waals surface area contributed by atoms with Crippen molar-refractivity contribution in [3.8, 4) is 0 Å². The van der Waals surface area contributed by atoms with Crippen molar-refractivity contribution in [1.29, 1.82) is 0 Å². The van der Waals surface area contributed by atoms with E-state index in [9.17, 15) is 4.39 Å². The second kappa shape index (κ2) is 7.28. The predicted octanol–water partition coefficient (Wildman–Crippen LogP) is 1.33. The van der Waals surface area contributed by atoms with Gasteiger partial charge in [0.15, 0.2) is 0 Å². The summed E-state index contributed by atoms with van der Waals surface area (Å²) in [5, 5.41) is 3.21. The Morgan fingerprint density at radius 1 is 1.28 bits per heavy atom. The molecule has 0 aromatic carbocycles. The molecule has 5 heteroatoms. The highest BCUT2D eigenvalue weighted by Crippen LogP contribution is 2.17. The summed E-state index contributed by atoms with van der Waals surface area (Å²) in [6, 6.07) is 1.55. The molecule has 0 fully saturated rings. The monoisotopic (exact) mass is 254 g/mol. The van der Waals surface area contributed by atoms with E-state index in [1.807, 2.05) is 28.1 Å². The number of hydrogen-bond acceptors (Lipinski definition) is 4. The van der Waals surface area contributed by atoms with Crippen LogP contribution >= 0.6 is 0 Å². The molecule has 1 aromatic heterocycles. The molecule has 18 heavy (non-hydrogen) atoms. The van der Waals surface area contributed by atoms with E-state index >= 15 is 0 Å². The molecule has 1 heterocycles.